The molecular weight excluding hydrogens is 526 g/mol. The Morgan fingerprint density at radius 3 is 2.73 bits per heavy atom. The van der Waals surface area contributed by atoms with Gasteiger partial charge in [-0.05, 0) is 61.7 Å². The minimum absolute atomic E-state index is 0.0899. The van der Waals surface area contributed by atoms with Crippen LogP contribution in [0.1, 0.15) is 41.4 Å². The standard InChI is InChI=1S/C30H29N5O4S/c1-3-24(36)34-15-7-8-19(17-34)32-28(37)27-26-25-23(13-14-31-29(25)40-27)35(30(38)33-26)22-12-11-21(16-18(22)2)39-20-9-5-4-6-10-20/h4-6,9-14,16,19H,3,7-8,15,17H2,1-2H3,(H,32,37)(H,33,38). The van der Waals surface area contributed by atoms with E-state index in [1.54, 1.807) is 22.1 Å². The number of anilines is 3. The molecule has 6 rings (SSSR count). The van der Waals surface area contributed by atoms with Gasteiger partial charge in [0.25, 0.3) is 5.91 Å². The van der Waals surface area contributed by atoms with Crippen molar-refractivity contribution in [2.45, 2.75) is 39.2 Å². The number of aromatic nitrogens is 1. The second-order valence-electron chi connectivity index (χ2n) is 9.95. The SMILES string of the molecule is CCC(=O)N1CCCC(NC(=O)c2sc3nccc4c3c2NC(=O)N4c2ccc(Oc3ccccc3)cc2C)C1. The molecule has 2 aliphatic heterocycles. The molecule has 0 radical (unpaired) electrons. The Labute approximate surface area is 235 Å². The second kappa shape index (κ2) is 10.6. The van der Waals surface area contributed by atoms with Crippen LogP contribution in [0.4, 0.5) is 21.9 Å². The largest absolute Gasteiger partial charge is 0.457 e. The number of likely N-dealkylation sites (tertiary alicyclic amines) is 1. The summed E-state index contributed by atoms with van der Waals surface area (Å²) in [6.45, 7) is 4.98. The van der Waals surface area contributed by atoms with Crippen LogP contribution in [0.25, 0.3) is 10.2 Å². The fraction of sp³-hybridized carbons (Fsp3) is 0.267. The number of pyridine rings is 1. The highest BCUT2D eigenvalue weighted by Crippen LogP contribution is 2.46. The van der Waals surface area contributed by atoms with Gasteiger partial charge in [-0.1, -0.05) is 25.1 Å². The summed E-state index contributed by atoms with van der Waals surface area (Å²) in [4.78, 5) is 48.1. The summed E-state index contributed by atoms with van der Waals surface area (Å²) in [7, 11) is 0. The molecule has 2 aromatic heterocycles. The molecule has 0 bridgehead atoms. The Balaban J connectivity index is 1.29. The van der Waals surface area contributed by atoms with Gasteiger partial charge in [-0.15, -0.1) is 11.3 Å². The highest BCUT2D eigenvalue weighted by atomic mass is 32.1. The van der Waals surface area contributed by atoms with Gasteiger partial charge in [0.05, 0.1) is 22.4 Å². The Morgan fingerprint density at radius 2 is 1.95 bits per heavy atom. The number of para-hydroxylation sites is 1. The van der Waals surface area contributed by atoms with Crippen LogP contribution in [0.15, 0.2) is 60.8 Å². The highest BCUT2D eigenvalue weighted by molar-refractivity contribution is 7.21. The predicted molar refractivity (Wildman–Crippen MR) is 156 cm³/mol. The zero-order chi connectivity index (χ0) is 27.8. The molecule has 4 amide bonds. The molecule has 204 valence electrons. The molecule has 10 heteroatoms. The van der Waals surface area contributed by atoms with Crippen molar-refractivity contribution >= 4 is 56.5 Å². The number of carbonyl (C=O) groups excluding carboxylic acids is 3. The van der Waals surface area contributed by atoms with Crippen molar-refractivity contribution in [3.8, 4) is 11.5 Å². The van der Waals surface area contributed by atoms with E-state index in [0.29, 0.717) is 52.0 Å². The summed E-state index contributed by atoms with van der Waals surface area (Å²) in [5.74, 6) is 1.22. The van der Waals surface area contributed by atoms with Crippen LogP contribution in [0, 0.1) is 6.92 Å². The molecule has 0 aliphatic carbocycles. The van der Waals surface area contributed by atoms with Crippen molar-refractivity contribution in [3.63, 3.8) is 0 Å². The van der Waals surface area contributed by atoms with Crippen LogP contribution >= 0.6 is 11.3 Å². The lowest BCUT2D eigenvalue weighted by atomic mass is 10.0. The van der Waals surface area contributed by atoms with Crippen molar-refractivity contribution in [2.75, 3.05) is 23.3 Å². The van der Waals surface area contributed by atoms with Gasteiger partial charge >= 0.3 is 6.03 Å². The van der Waals surface area contributed by atoms with Gasteiger partial charge in [-0.2, -0.15) is 0 Å². The molecule has 9 nitrogen and oxygen atoms in total. The number of aryl methyl sites for hydroxylation is 1. The Kier molecular flexibility index (Phi) is 6.85. The van der Waals surface area contributed by atoms with E-state index in [0.717, 1.165) is 29.5 Å². The lowest BCUT2D eigenvalue weighted by molar-refractivity contribution is -0.132. The number of nitrogens with one attached hydrogen (secondary N) is 2. The number of nitrogens with zero attached hydrogens (tertiary/aromatic N) is 3. The monoisotopic (exact) mass is 555 g/mol. The number of ether oxygens (including phenoxy) is 1. The van der Waals surface area contributed by atoms with Gasteiger partial charge in [0.2, 0.25) is 5.91 Å². The van der Waals surface area contributed by atoms with Crippen LogP contribution in [-0.4, -0.2) is 46.9 Å². The summed E-state index contributed by atoms with van der Waals surface area (Å²) in [5.41, 5.74) is 2.70. The van der Waals surface area contributed by atoms with Gasteiger partial charge in [-0.25, -0.2) is 9.78 Å². The number of benzene rings is 2. The van der Waals surface area contributed by atoms with E-state index in [-0.39, 0.29) is 23.9 Å². The first-order valence-corrected chi connectivity index (χ1v) is 14.2. The van der Waals surface area contributed by atoms with E-state index in [1.807, 2.05) is 62.4 Å². The first-order chi connectivity index (χ1) is 19.4. The van der Waals surface area contributed by atoms with Crippen molar-refractivity contribution in [1.29, 1.82) is 0 Å². The molecule has 1 saturated heterocycles. The molecule has 1 fully saturated rings. The number of amides is 4. The lowest BCUT2D eigenvalue weighted by Crippen LogP contribution is -2.49. The molecule has 4 heterocycles. The highest BCUT2D eigenvalue weighted by Gasteiger charge is 2.34. The van der Waals surface area contributed by atoms with Crippen molar-refractivity contribution in [3.05, 3.63) is 71.2 Å². The van der Waals surface area contributed by atoms with E-state index >= 15 is 0 Å². The molecular formula is C30H29N5O4S. The zero-order valence-electron chi connectivity index (χ0n) is 22.3. The Bertz CT molecular complexity index is 1620. The average Bonchev–Trinajstić information content (AvgIpc) is 3.33. The van der Waals surface area contributed by atoms with Crippen LogP contribution in [0.5, 0.6) is 11.5 Å². The molecule has 0 spiro atoms. The van der Waals surface area contributed by atoms with Crippen LogP contribution in [-0.2, 0) is 4.79 Å². The van der Waals surface area contributed by atoms with Gasteiger partial charge in [0.1, 0.15) is 21.2 Å². The quantitative estimate of drug-likeness (QED) is 0.294. The Hall–Kier alpha value is -4.44. The number of hydrogen-bond acceptors (Lipinski definition) is 6. The van der Waals surface area contributed by atoms with E-state index in [2.05, 4.69) is 15.6 Å². The van der Waals surface area contributed by atoms with Crippen LogP contribution in [0.2, 0.25) is 0 Å². The number of carbonyl (C=O) groups is 3. The van der Waals surface area contributed by atoms with Gasteiger partial charge in [0, 0.05) is 31.7 Å². The molecule has 2 N–H and O–H groups in total. The number of hydrogen-bond donors (Lipinski definition) is 2. The molecule has 40 heavy (non-hydrogen) atoms. The molecule has 2 aliphatic rings. The summed E-state index contributed by atoms with van der Waals surface area (Å²) < 4.78 is 5.97. The van der Waals surface area contributed by atoms with E-state index in [1.165, 1.54) is 11.3 Å². The minimum atomic E-state index is -0.357. The molecule has 1 atom stereocenters. The number of urea groups is 1. The fourth-order valence-corrected chi connectivity index (χ4v) is 6.37. The van der Waals surface area contributed by atoms with E-state index in [4.69, 9.17) is 4.74 Å². The van der Waals surface area contributed by atoms with Crippen molar-refractivity contribution in [1.82, 2.24) is 15.2 Å². The molecule has 4 aromatic rings. The third kappa shape index (κ3) is 4.75. The predicted octanol–water partition coefficient (Wildman–Crippen LogP) is 6.21. The van der Waals surface area contributed by atoms with Gasteiger partial charge in [0.15, 0.2) is 0 Å². The maximum atomic E-state index is 13.5. The lowest BCUT2D eigenvalue weighted by Gasteiger charge is -2.33. The minimum Gasteiger partial charge on any atom is -0.457 e. The summed E-state index contributed by atoms with van der Waals surface area (Å²) >= 11 is 1.25. The summed E-state index contributed by atoms with van der Waals surface area (Å²) in [6.07, 6.45) is 3.73. The van der Waals surface area contributed by atoms with Gasteiger partial charge < -0.3 is 20.3 Å². The fourth-order valence-electron chi connectivity index (χ4n) is 5.35. The van der Waals surface area contributed by atoms with E-state index < -0.39 is 0 Å². The number of rotatable bonds is 6. The van der Waals surface area contributed by atoms with Crippen molar-refractivity contribution in [2.24, 2.45) is 0 Å². The second-order valence-corrected chi connectivity index (χ2v) is 11.0. The molecule has 2 aromatic carbocycles. The first-order valence-electron chi connectivity index (χ1n) is 13.4. The van der Waals surface area contributed by atoms with E-state index in [9.17, 15) is 14.4 Å². The number of piperidine rings is 1. The summed E-state index contributed by atoms with van der Waals surface area (Å²) in [6, 6.07) is 16.4. The topological polar surface area (TPSA) is 104 Å². The third-order valence-electron chi connectivity index (χ3n) is 7.25. The molecule has 0 saturated carbocycles. The van der Waals surface area contributed by atoms with Crippen LogP contribution in [0.3, 0.4) is 0 Å². The summed E-state index contributed by atoms with van der Waals surface area (Å²) in [5, 5.41) is 6.77. The average molecular weight is 556 g/mol. The maximum absolute atomic E-state index is 13.5. The normalized spacial score (nSPS) is 16.6. The zero-order valence-corrected chi connectivity index (χ0v) is 23.1. The van der Waals surface area contributed by atoms with Crippen LogP contribution < -0.4 is 20.3 Å². The smallest absolute Gasteiger partial charge is 0.331 e. The number of thiophene rings is 1. The Morgan fingerprint density at radius 1 is 1.12 bits per heavy atom. The first kappa shape index (κ1) is 25.8. The van der Waals surface area contributed by atoms with Crippen molar-refractivity contribution < 1.29 is 19.1 Å². The maximum Gasteiger partial charge on any atom is 0.331 e. The van der Waals surface area contributed by atoms with Gasteiger partial charge in [-0.3, -0.25) is 14.5 Å². The third-order valence-corrected chi connectivity index (χ3v) is 8.35. The molecule has 1 unspecified atom stereocenters.